The summed E-state index contributed by atoms with van der Waals surface area (Å²) in [6.07, 6.45) is -2.96. The van der Waals surface area contributed by atoms with Crippen LogP contribution in [0.5, 0.6) is 11.5 Å². The molecule has 4 atom stereocenters. The van der Waals surface area contributed by atoms with Gasteiger partial charge in [0.15, 0.2) is 6.23 Å². The fraction of sp³-hybridized carbons (Fsp3) is 0.389. The lowest BCUT2D eigenvalue weighted by molar-refractivity contribution is -0.132. The third-order valence-corrected chi connectivity index (χ3v) is 10.9. The van der Waals surface area contributed by atoms with E-state index in [9.17, 15) is 14.7 Å². The number of aromatic nitrogens is 2. The Balaban J connectivity index is 1.47. The Labute approximate surface area is 293 Å². The maximum atomic E-state index is 12.9. The van der Waals surface area contributed by atoms with Gasteiger partial charge >= 0.3 is 5.69 Å². The lowest BCUT2D eigenvalue weighted by atomic mass is 9.80. The van der Waals surface area contributed by atoms with Crippen molar-refractivity contribution < 1.29 is 33.5 Å². The number of H-pyrrole nitrogens is 1. The van der Waals surface area contributed by atoms with Gasteiger partial charge in [-0.15, -0.1) is 0 Å². The van der Waals surface area contributed by atoms with Crippen molar-refractivity contribution in [1.82, 2.24) is 9.55 Å². The molecule has 0 unspecified atom stereocenters. The first kappa shape index (κ1) is 36.7. The van der Waals surface area contributed by atoms with E-state index in [4.69, 9.17) is 28.4 Å². The van der Waals surface area contributed by atoms with Crippen LogP contribution in [0.1, 0.15) is 43.7 Å². The molecule has 4 aromatic rings. The molecule has 1 saturated heterocycles. The molecule has 2 N–H and O–H groups in total. The van der Waals surface area contributed by atoms with Crippen LogP contribution in [0.25, 0.3) is 0 Å². The van der Waals surface area contributed by atoms with Gasteiger partial charge in [-0.05, 0) is 41.0 Å². The first-order valence-electron chi connectivity index (χ1n) is 15.7. The van der Waals surface area contributed by atoms with Gasteiger partial charge in [-0.2, -0.15) is 0 Å². The SMILES string of the molecule is COc1ccc(C(OC[C@H]2O[C@@H](n3ccc(=O)[nH]c3=O)[C@H](OCOCSSC(C)(C)C)[C@@H]2O)(c2ccccc2)c2ccc(OC)cc2)cc1. The van der Waals surface area contributed by atoms with E-state index in [1.807, 2.05) is 78.9 Å². The number of aromatic amines is 1. The van der Waals surface area contributed by atoms with E-state index in [1.54, 1.807) is 35.8 Å². The number of rotatable bonds is 15. The summed E-state index contributed by atoms with van der Waals surface area (Å²) in [6.45, 7) is 6.06. The van der Waals surface area contributed by atoms with Crippen LogP contribution in [-0.2, 0) is 24.5 Å². The summed E-state index contributed by atoms with van der Waals surface area (Å²) in [6, 6.07) is 26.1. The highest BCUT2D eigenvalue weighted by atomic mass is 33.1. The normalized spacial score (nSPS) is 19.6. The van der Waals surface area contributed by atoms with Crippen LogP contribution in [0, 0.1) is 0 Å². The lowest BCUT2D eigenvalue weighted by Gasteiger charge is -2.37. The molecule has 0 spiro atoms. The highest BCUT2D eigenvalue weighted by molar-refractivity contribution is 8.77. The molecule has 3 aromatic carbocycles. The Morgan fingerprint density at radius 3 is 2.00 bits per heavy atom. The third-order valence-electron chi connectivity index (χ3n) is 7.86. The summed E-state index contributed by atoms with van der Waals surface area (Å²) in [5, 5.41) is 11.7. The topological polar surface area (TPSA) is 130 Å². The minimum absolute atomic E-state index is 0.0562. The van der Waals surface area contributed by atoms with Crippen molar-refractivity contribution in [2.75, 3.05) is 33.6 Å². The average Bonchev–Trinajstić information content (AvgIpc) is 3.41. The zero-order valence-corrected chi connectivity index (χ0v) is 29.7. The van der Waals surface area contributed by atoms with Crippen LogP contribution >= 0.6 is 21.6 Å². The number of methoxy groups -OCH3 is 2. The van der Waals surface area contributed by atoms with Gasteiger partial charge in [-0.3, -0.25) is 14.3 Å². The fourth-order valence-corrected chi connectivity index (χ4v) is 7.51. The van der Waals surface area contributed by atoms with Crippen LogP contribution in [0.2, 0.25) is 0 Å². The van der Waals surface area contributed by atoms with Crippen molar-refractivity contribution in [3.05, 3.63) is 129 Å². The Morgan fingerprint density at radius 2 is 1.45 bits per heavy atom. The first-order chi connectivity index (χ1) is 23.6. The van der Waals surface area contributed by atoms with Crippen molar-refractivity contribution in [3.63, 3.8) is 0 Å². The molecule has 1 fully saturated rings. The van der Waals surface area contributed by atoms with Crippen molar-refractivity contribution in [1.29, 1.82) is 0 Å². The van der Waals surface area contributed by atoms with Gasteiger partial charge in [0.05, 0.1) is 20.8 Å². The van der Waals surface area contributed by atoms with Crippen LogP contribution in [0.4, 0.5) is 0 Å². The van der Waals surface area contributed by atoms with E-state index in [2.05, 4.69) is 25.8 Å². The number of ether oxygens (including phenoxy) is 6. The molecule has 13 heteroatoms. The van der Waals surface area contributed by atoms with Gasteiger partial charge < -0.3 is 33.5 Å². The summed E-state index contributed by atoms with van der Waals surface area (Å²) < 4.78 is 37.1. The number of hydrogen-bond acceptors (Lipinski definition) is 11. The lowest BCUT2D eigenvalue weighted by Crippen LogP contribution is -2.41. The Kier molecular flexibility index (Phi) is 12.3. The molecule has 0 amide bonds. The molecule has 49 heavy (non-hydrogen) atoms. The highest BCUT2D eigenvalue weighted by Crippen LogP contribution is 2.43. The smallest absolute Gasteiger partial charge is 0.330 e. The van der Waals surface area contributed by atoms with E-state index in [1.165, 1.54) is 16.8 Å². The van der Waals surface area contributed by atoms with Crippen molar-refractivity contribution in [2.24, 2.45) is 0 Å². The number of benzene rings is 3. The quantitative estimate of drug-likeness (QED) is 0.0720. The average molecular weight is 711 g/mol. The van der Waals surface area contributed by atoms with E-state index in [-0.39, 0.29) is 18.1 Å². The predicted octanol–water partition coefficient (Wildman–Crippen LogP) is 5.32. The molecule has 11 nitrogen and oxygen atoms in total. The number of aliphatic hydroxyl groups excluding tert-OH is 1. The van der Waals surface area contributed by atoms with Crippen LogP contribution in [-0.4, -0.2) is 71.3 Å². The number of hydrogen-bond donors (Lipinski definition) is 2. The summed E-state index contributed by atoms with van der Waals surface area (Å²) in [5.74, 6) is 1.72. The maximum absolute atomic E-state index is 12.9. The number of nitrogens with one attached hydrogen (secondary N) is 1. The monoisotopic (exact) mass is 710 g/mol. The largest absolute Gasteiger partial charge is 0.497 e. The molecule has 0 aliphatic carbocycles. The standard InChI is InChI=1S/C36H42N2O9S2/c1-35(2,3)49-48-23-44-22-45-32-31(40)29(47-33(32)38-20-19-30(39)37-34(38)41)21-46-36(24-9-7-6-8-10-24,25-11-15-27(42-4)16-12-25)26-13-17-28(43-5)18-14-26/h6-20,29,31-33,40H,21-23H2,1-5H3,(H,37,39,41)/t29-,31-,32-,33-/m1/s1. The van der Waals surface area contributed by atoms with Gasteiger partial charge in [0, 0.05) is 17.0 Å². The first-order valence-corrected chi connectivity index (χ1v) is 18.0. The molecule has 1 aliphatic rings. The van der Waals surface area contributed by atoms with E-state index < -0.39 is 41.4 Å². The van der Waals surface area contributed by atoms with E-state index in [0.29, 0.717) is 17.4 Å². The molecule has 2 heterocycles. The maximum Gasteiger partial charge on any atom is 0.330 e. The Hall–Kier alpha value is -3.56. The minimum atomic E-state index is -1.23. The summed E-state index contributed by atoms with van der Waals surface area (Å²) in [5.41, 5.74) is 0.0123. The van der Waals surface area contributed by atoms with Crippen molar-refractivity contribution in [2.45, 2.75) is 55.7 Å². The molecule has 262 valence electrons. The van der Waals surface area contributed by atoms with Crippen LogP contribution < -0.4 is 20.7 Å². The van der Waals surface area contributed by atoms with Crippen molar-refractivity contribution in [3.8, 4) is 11.5 Å². The predicted molar refractivity (Wildman–Crippen MR) is 190 cm³/mol. The second kappa shape index (κ2) is 16.4. The summed E-state index contributed by atoms with van der Waals surface area (Å²) >= 11 is 0. The van der Waals surface area contributed by atoms with Crippen molar-refractivity contribution >= 4 is 21.6 Å². The fourth-order valence-electron chi connectivity index (χ4n) is 5.56. The van der Waals surface area contributed by atoms with Gasteiger partial charge in [0.1, 0.15) is 48.1 Å². The van der Waals surface area contributed by atoms with Gasteiger partial charge in [-0.1, -0.05) is 97.0 Å². The minimum Gasteiger partial charge on any atom is -0.497 e. The van der Waals surface area contributed by atoms with E-state index in [0.717, 1.165) is 16.7 Å². The molecule has 1 aliphatic heterocycles. The third kappa shape index (κ3) is 8.79. The van der Waals surface area contributed by atoms with Crippen LogP contribution in [0.15, 0.2) is 101 Å². The van der Waals surface area contributed by atoms with Gasteiger partial charge in [0.25, 0.3) is 5.56 Å². The van der Waals surface area contributed by atoms with Gasteiger partial charge in [-0.25, -0.2) is 4.79 Å². The molecule has 5 rings (SSSR count). The number of nitrogens with zero attached hydrogens (tertiary/aromatic N) is 1. The van der Waals surface area contributed by atoms with Gasteiger partial charge in [0.2, 0.25) is 0 Å². The molecule has 0 radical (unpaired) electrons. The second-order valence-corrected chi connectivity index (χ2v) is 15.3. The second-order valence-electron chi connectivity index (χ2n) is 12.3. The number of aliphatic hydroxyl groups is 1. The highest BCUT2D eigenvalue weighted by Gasteiger charge is 2.48. The molecule has 0 saturated carbocycles. The zero-order valence-electron chi connectivity index (χ0n) is 28.1. The Bertz CT molecular complexity index is 1690. The summed E-state index contributed by atoms with van der Waals surface area (Å²) in [7, 11) is 6.44. The Morgan fingerprint density at radius 1 is 0.857 bits per heavy atom. The van der Waals surface area contributed by atoms with E-state index >= 15 is 0 Å². The van der Waals surface area contributed by atoms with Crippen LogP contribution in [0.3, 0.4) is 0 Å². The molecule has 1 aromatic heterocycles. The summed E-state index contributed by atoms with van der Waals surface area (Å²) in [4.78, 5) is 27.0. The molecular formula is C36H42N2O9S2. The zero-order chi connectivity index (χ0) is 35.0. The molecular weight excluding hydrogens is 669 g/mol. The molecule has 0 bridgehead atoms.